The number of nitrogens with one attached hydrogen (secondary N) is 1. The normalized spacial score (nSPS) is 25.7. The van der Waals surface area contributed by atoms with Gasteiger partial charge in [-0.05, 0) is 38.9 Å². The van der Waals surface area contributed by atoms with Crippen LogP contribution < -0.4 is 5.32 Å². The van der Waals surface area contributed by atoms with Gasteiger partial charge in [0.2, 0.25) is 0 Å². The molecule has 0 saturated heterocycles. The highest BCUT2D eigenvalue weighted by Gasteiger charge is 2.19. The van der Waals surface area contributed by atoms with Crippen molar-refractivity contribution in [2.45, 2.75) is 43.9 Å². The molecule has 1 saturated carbocycles. The maximum Gasteiger partial charge on any atom is 0.333 e. The molecule has 0 heterocycles. The van der Waals surface area contributed by atoms with Crippen molar-refractivity contribution in [3.05, 3.63) is 11.6 Å². The molecule has 98 valence electrons. The first-order valence-electron chi connectivity index (χ1n) is 6.18. The topological polar surface area (TPSA) is 38.3 Å². The molecule has 3 nitrogen and oxygen atoms in total. The van der Waals surface area contributed by atoms with E-state index in [1.807, 2.05) is 17.8 Å². The molecule has 17 heavy (non-hydrogen) atoms. The number of carbonyl (C=O) groups is 1. The van der Waals surface area contributed by atoms with Gasteiger partial charge in [0.25, 0.3) is 0 Å². The van der Waals surface area contributed by atoms with Crippen molar-refractivity contribution >= 4 is 17.7 Å². The Labute approximate surface area is 108 Å². The summed E-state index contributed by atoms with van der Waals surface area (Å²) < 4.78 is 4.65. The maximum atomic E-state index is 11.2. The van der Waals surface area contributed by atoms with Crippen molar-refractivity contribution in [1.29, 1.82) is 0 Å². The first-order valence-corrected chi connectivity index (χ1v) is 7.47. The van der Waals surface area contributed by atoms with E-state index in [-0.39, 0.29) is 5.97 Å². The second kappa shape index (κ2) is 7.77. The van der Waals surface area contributed by atoms with Crippen molar-refractivity contribution in [2.75, 3.05) is 19.9 Å². The molecule has 0 aromatic heterocycles. The van der Waals surface area contributed by atoms with Crippen LogP contribution in [0.1, 0.15) is 32.6 Å². The zero-order valence-electron chi connectivity index (χ0n) is 11.0. The summed E-state index contributed by atoms with van der Waals surface area (Å²) in [4.78, 5) is 11.2. The van der Waals surface area contributed by atoms with E-state index < -0.39 is 0 Å². The number of hydrogen-bond acceptors (Lipinski definition) is 4. The first kappa shape index (κ1) is 14.6. The fraction of sp³-hybridized carbons (Fsp3) is 0.769. The van der Waals surface area contributed by atoms with Crippen LogP contribution in [0.5, 0.6) is 0 Å². The smallest absolute Gasteiger partial charge is 0.333 e. The summed E-state index contributed by atoms with van der Waals surface area (Å²) in [5.74, 6) is -0.238. The van der Waals surface area contributed by atoms with Gasteiger partial charge in [0.05, 0.1) is 7.11 Å². The molecule has 4 heteroatoms. The summed E-state index contributed by atoms with van der Waals surface area (Å²) in [6, 6.07) is 0.611. The lowest BCUT2D eigenvalue weighted by Gasteiger charge is -2.27. The predicted octanol–water partition coefficient (Wildman–Crippen LogP) is 2.37. The number of hydrogen-bond donors (Lipinski definition) is 1. The highest BCUT2D eigenvalue weighted by Crippen LogP contribution is 2.26. The van der Waals surface area contributed by atoms with Crippen molar-refractivity contribution < 1.29 is 9.53 Å². The average Bonchev–Trinajstić information content (AvgIpc) is 2.38. The third-order valence-electron chi connectivity index (χ3n) is 3.33. The van der Waals surface area contributed by atoms with Crippen LogP contribution in [0.25, 0.3) is 0 Å². The zero-order chi connectivity index (χ0) is 12.7. The molecule has 0 aromatic carbocycles. The highest BCUT2D eigenvalue weighted by atomic mass is 32.2. The van der Waals surface area contributed by atoms with E-state index in [0.717, 1.165) is 11.8 Å². The number of ether oxygens (including phenoxy) is 1. The van der Waals surface area contributed by atoms with Gasteiger partial charge in [-0.1, -0.05) is 6.08 Å². The van der Waals surface area contributed by atoms with Gasteiger partial charge in [-0.3, -0.25) is 0 Å². The first-order chi connectivity index (χ1) is 8.17. The molecule has 0 aliphatic heterocycles. The van der Waals surface area contributed by atoms with Crippen molar-refractivity contribution in [2.24, 2.45) is 0 Å². The van der Waals surface area contributed by atoms with Crippen LogP contribution in [-0.4, -0.2) is 37.2 Å². The zero-order valence-corrected chi connectivity index (χ0v) is 11.8. The van der Waals surface area contributed by atoms with Gasteiger partial charge in [-0.2, -0.15) is 11.8 Å². The molecule has 1 N–H and O–H groups in total. The van der Waals surface area contributed by atoms with Crippen LogP contribution in [0.2, 0.25) is 0 Å². The van der Waals surface area contributed by atoms with Gasteiger partial charge in [-0.15, -0.1) is 0 Å². The number of rotatable bonds is 5. The molecule has 0 atom stereocenters. The summed E-state index contributed by atoms with van der Waals surface area (Å²) in [5, 5.41) is 4.33. The lowest BCUT2D eigenvalue weighted by Crippen LogP contribution is -2.34. The Hall–Kier alpha value is -0.480. The third kappa shape index (κ3) is 5.13. The predicted molar refractivity (Wildman–Crippen MR) is 73.3 cm³/mol. The maximum absolute atomic E-state index is 11.2. The number of esters is 1. The lowest BCUT2D eigenvalue weighted by molar-refractivity contribution is -0.136. The largest absolute Gasteiger partial charge is 0.466 e. The summed E-state index contributed by atoms with van der Waals surface area (Å²) in [5.41, 5.74) is 0.679. The van der Waals surface area contributed by atoms with Gasteiger partial charge < -0.3 is 10.1 Å². The third-order valence-corrected chi connectivity index (χ3v) is 4.47. The Morgan fingerprint density at radius 1 is 1.41 bits per heavy atom. The minimum absolute atomic E-state index is 0.238. The van der Waals surface area contributed by atoms with E-state index in [4.69, 9.17) is 0 Å². The average molecular weight is 257 g/mol. The minimum Gasteiger partial charge on any atom is -0.466 e. The van der Waals surface area contributed by atoms with Crippen LogP contribution in [-0.2, 0) is 9.53 Å². The second-order valence-corrected chi connectivity index (χ2v) is 5.63. The quantitative estimate of drug-likeness (QED) is 0.606. The SMILES string of the molecule is COC(=O)C(C)=CCNC1CCC(SC)CC1. The number of methoxy groups -OCH3 is 1. The fourth-order valence-electron chi connectivity index (χ4n) is 2.13. The van der Waals surface area contributed by atoms with Crippen LogP contribution in [0, 0.1) is 0 Å². The molecule has 0 unspecified atom stereocenters. The van der Waals surface area contributed by atoms with Gasteiger partial charge in [0, 0.05) is 23.4 Å². The standard InChI is InChI=1S/C13H23NO2S/c1-10(13(15)16-2)8-9-14-11-4-6-12(17-3)7-5-11/h8,11-12,14H,4-7,9H2,1-3H3. The van der Waals surface area contributed by atoms with E-state index in [0.29, 0.717) is 11.6 Å². The summed E-state index contributed by atoms with van der Waals surface area (Å²) >= 11 is 1.98. The van der Waals surface area contributed by atoms with Crippen LogP contribution in [0.4, 0.5) is 0 Å². The molecular weight excluding hydrogens is 234 g/mol. The molecule has 0 amide bonds. The monoisotopic (exact) mass is 257 g/mol. The summed E-state index contributed by atoms with van der Waals surface area (Å²) in [6.07, 6.45) is 9.21. The molecule has 1 rings (SSSR count). The molecular formula is C13H23NO2S. The Morgan fingerprint density at radius 3 is 2.59 bits per heavy atom. The minimum atomic E-state index is -0.238. The van der Waals surface area contributed by atoms with E-state index in [9.17, 15) is 4.79 Å². The van der Waals surface area contributed by atoms with Crippen LogP contribution >= 0.6 is 11.8 Å². The van der Waals surface area contributed by atoms with Crippen molar-refractivity contribution in [1.82, 2.24) is 5.32 Å². The van der Waals surface area contributed by atoms with E-state index in [1.54, 1.807) is 6.92 Å². The van der Waals surface area contributed by atoms with E-state index in [1.165, 1.54) is 32.8 Å². The molecule has 1 aliphatic carbocycles. The molecule has 1 aliphatic rings. The van der Waals surface area contributed by atoms with Crippen LogP contribution in [0.15, 0.2) is 11.6 Å². The second-order valence-electron chi connectivity index (χ2n) is 4.50. The molecule has 1 fully saturated rings. The van der Waals surface area contributed by atoms with Gasteiger partial charge in [0.15, 0.2) is 0 Å². The Kier molecular flexibility index (Phi) is 6.66. The summed E-state index contributed by atoms with van der Waals surface area (Å²) in [6.45, 7) is 2.55. The van der Waals surface area contributed by atoms with E-state index >= 15 is 0 Å². The van der Waals surface area contributed by atoms with E-state index in [2.05, 4.69) is 16.3 Å². The van der Waals surface area contributed by atoms with Crippen molar-refractivity contribution in [3.63, 3.8) is 0 Å². The molecule has 0 spiro atoms. The van der Waals surface area contributed by atoms with Gasteiger partial charge in [-0.25, -0.2) is 4.79 Å². The number of carbonyl (C=O) groups excluding carboxylic acids is 1. The Morgan fingerprint density at radius 2 is 2.06 bits per heavy atom. The fourth-order valence-corrected chi connectivity index (χ4v) is 2.87. The Bertz CT molecular complexity index is 271. The lowest BCUT2D eigenvalue weighted by atomic mass is 9.95. The molecule has 0 radical (unpaired) electrons. The van der Waals surface area contributed by atoms with Crippen LogP contribution in [0.3, 0.4) is 0 Å². The number of thioether (sulfide) groups is 1. The molecule has 0 bridgehead atoms. The van der Waals surface area contributed by atoms with Gasteiger partial charge in [0.1, 0.15) is 0 Å². The highest BCUT2D eigenvalue weighted by molar-refractivity contribution is 7.99. The molecule has 0 aromatic rings. The van der Waals surface area contributed by atoms with Crippen molar-refractivity contribution in [3.8, 4) is 0 Å². The van der Waals surface area contributed by atoms with Gasteiger partial charge >= 0.3 is 5.97 Å². The Balaban J connectivity index is 2.21. The summed E-state index contributed by atoms with van der Waals surface area (Å²) in [7, 11) is 1.41.